The van der Waals surface area contributed by atoms with Crippen LogP contribution in [0.4, 0.5) is 11.6 Å². The number of aromatic amines is 1. The smallest absolute Gasteiger partial charge is 0.255 e. The molecule has 3 aromatic rings. The summed E-state index contributed by atoms with van der Waals surface area (Å²) in [6.07, 6.45) is 0.667. The number of imidazole rings is 1. The zero-order chi connectivity index (χ0) is 20.1. The van der Waals surface area contributed by atoms with E-state index in [4.69, 9.17) is 27.9 Å². The third-order valence-electron chi connectivity index (χ3n) is 4.60. The fourth-order valence-electron chi connectivity index (χ4n) is 3.44. The van der Waals surface area contributed by atoms with Crippen LogP contribution in [0.5, 0.6) is 5.75 Å². The Bertz CT molecular complexity index is 1070. The van der Waals surface area contributed by atoms with E-state index >= 15 is 0 Å². The number of hydrogen-bond acceptors (Lipinski definition) is 4. The number of fused-ring (bicyclic) bond motifs is 3. The molecule has 0 aliphatic carbocycles. The number of para-hydroxylation sites is 1. The summed E-state index contributed by atoms with van der Waals surface area (Å²) >= 11 is 12.5. The van der Waals surface area contributed by atoms with Crippen LogP contribution in [0, 0.1) is 0 Å². The minimum Gasteiger partial charge on any atom is -0.486 e. The van der Waals surface area contributed by atoms with Crippen molar-refractivity contribution in [2.75, 3.05) is 11.9 Å². The summed E-state index contributed by atoms with van der Waals surface area (Å²) in [5.74, 6) is 0.921. The van der Waals surface area contributed by atoms with Crippen LogP contribution >= 0.6 is 23.2 Å². The number of carbonyl (C=O) groups excluding carboxylic acids is 1. The number of nitrogens with one attached hydrogen (secondary N) is 3. The zero-order valence-corrected chi connectivity index (χ0v) is 17.3. The molecule has 2 aromatic carbocycles. The molecule has 1 amide bonds. The van der Waals surface area contributed by atoms with E-state index in [0.29, 0.717) is 51.5 Å². The summed E-state index contributed by atoms with van der Waals surface area (Å²) in [5, 5.41) is 6.96. The molecule has 0 bridgehead atoms. The van der Waals surface area contributed by atoms with Crippen LogP contribution in [0.15, 0.2) is 24.3 Å². The SMILES string of the molecule is CCNC(=O)c1cc2nc(Nc3c(Cl)cccc3Cl)[nH]c2c2c1OC(C)(C)C2. The largest absolute Gasteiger partial charge is 0.486 e. The first kappa shape index (κ1) is 18.9. The molecule has 2 heterocycles. The molecule has 1 aliphatic heterocycles. The first-order valence-corrected chi connectivity index (χ1v) is 9.78. The van der Waals surface area contributed by atoms with Gasteiger partial charge in [0, 0.05) is 18.5 Å². The predicted octanol–water partition coefficient (Wildman–Crippen LogP) is 5.08. The van der Waals surface area contributed by atoms with Crippen molar-refractivity contribution in [2.24, 2.45) is 0 Å². The van der Waals surface area contributed by atoms with Gasteiger partial charge in [-0.1, -0.05) is 29.3 Å². The molecule has 0 saturated carbocycles. The standard InChI is InChI=1S/C20H20Cl2N4O2/c1-4-23-18(27)10-8-14-15(11-9-20(2,3)28-17(10)11)25-19(24-14)26-16-12(21)6-5-7-13(16)22/h5-8H,4,9H2,1-3H3,(H,23,27)(H2,24,25,26). The Balaban J connectivity index is 1.83. The average Bonchev–Trinajstić information content (AvgIpc) is 3.16. The Morgan fingerprint density at radius 2 is 2.04 bits per heavy atom. The van der Waals surface area contributed by atoms with Gasteiger partial charge in [0.1, 0.15) is 11.4 Å². The van der Waals surface area contributed by atoms with E-state index in [1.54, 1.807) is 24.3 Å². The van der Waals surface area contributed by atoms with E-state index in [1.165, 1.54) is 0 Å². The number of ether oxygens (including phenoxy) is 1. The maximum absolute atomic E-state index is 12.6. The minimum absolute atomic E-state index is 0.176. The maximum Gasteiger partial charge on any atom is 0.255 e. The summed E-state index contributed by atoms with van der Waals surface area (Å²) in [6.45, 7) is 6.41. The molecule has 4 rings (SSSR count). The number of benzene rings is 2. The lowest BCUT2D eigenvalue weighted by atomic mass is 9.99. The molecular weight excluding hydrogens is 399 g/mol. The zero-order valence-electron chi connectivity index (χ0n) is 15.7. The van der Waals surface area contributed by atoms with Crippen molar-refractivity contribution in [1.82, 2.24) is 15.3 Å². The highest BCUT2D eigenvalue weighted by Gasteiger charge is 2.36. The first-order valence-electron chi connectivity index (χ1n) is 9.03. The van der Waals surface area contributed by atoms with Crippen LogP contribution in [-0.2, 0) is 6.42 Å². The van der Waals surface area contributed by atoms with Crippen molar-refractivity contribution in [3.8, 4) is 5.75 Å². The number of aromatic nitrogens is 2. The summed E-state index contributed by atoms with van der Waals surface area (Å²) in [7, 11) is 0. The average molecular weight is 419 g/mol. The lowest BCUT2D eigenvalue weighted by Crippen LogP contribution is -2.26. The molecule has 146 valence electrons. The normalized spacial score (nSPS) is 14.6. The molecule has 8 heteroatoms. The lowest BCUT2D eigenvalue weighted by Gasteiger charge is -2.18. The van der Waals surface area contributed by atoms with E-state index in [1.807, 2.05) is 20.8 Å². The van der Waals surface area contributed by atoms with Crippen molar-refractivity contribution in [2.45, 2.75) is 32.8 Å². The molecule has 0 radical (unpaired) electrons. The topological polar surface area (TPSA) is 79.0 Å². The molecule has 0 saturated heterocycles. The van der Waals surface area contributed by atoms with Gasteiger partial charge < -0.3 is 20.4 Å². The van der Waals surface area contributed by atoms with Crippen molar-refractivity contribution in [1.29, 1.82) is 0 Å². The Labute approximate surface area is 172 Å². The summed E-state index contributed by atoms with van der Waals surface area (Å²) in [4.78, 5) is 20.4. The minimum atomic E-state index is -0.400. The van der Waals surface area contributed by atoms with Gasteiger partial charge in [0.25, 0.3) is 5.91 Å². The van der Waals surface area contributed by atoms with E-state index in [9.17, 15) is 4.79 Å². The van der Waals surface area contributed by atoms with Gasteiger partial charge >= 0.3 is 0 Å². The van der Waals surface area contributed by atoms with Gasteiger partial charge in [-0.2, -0.15) is 0 Å². The number of rotatable bonds is 4. The molecule has 28 heavy (non-hydrogen) atoms. The van der Waals surface area contributed by atoms with Gasteiger partial charge in [-0.25, -0.2) is 4.98 Å². The van der Waals surface area contributed by atoms with Crippen LogP contribution < -0.4 is 15.4 Å². The van der Waals surface area contributed by atoms with Crippen molar-refractivity contribution >= 4 is 51.8 Å². The number of amides is 1. The molecule has 0 atom stereocenters. The number of anilines is 2. The van der Waals surface area contributed by atoms with Gasteiger partial charge in [-0.3, -0.25) is 4.79 Å². The van der Waals surface area contributed by atoms with Crippen molar-refractivity contribution in [3.63, 3.8) is 0 Å². The van der Waals surface area contributed by atoms with Gasteiger partial charge in [-0.05, 0) is 39.0 Å². The highest BCUT2D eigenvalue weighted by molar-refractivity contribution is 6.39. The summed E-state index contributed by atoms with van der Waals surface area (Å²) < 4.78 is 6.10. The second-order valence-electron chi connectivity index (χ2n) is 7.33. The molecular formula is C20H20Cl2N4O2. The lowest BCUT2D eigenvalue weighted by molar-refractivity contribution is 0.0942. The van der Waals surface area contributed by atoms with Crippen LogP contribution in [-0.4, -0.2) is 28.0 Å². The monoisotopic (exact) mass is 418 g/mol. The third-order valence-corrected chi connectivity index (χ3v) is 5.23. The number of H-pyrrole nitrogens is 1. The second kappa shape index (κ2) is 6.87. The van der Waals surface area contributed by atoms with Crippen LogP contribution in [0.2, 0.25) is 10.0 Å². The number of hydrogen-bond donors (Lipinski definition) is 3. The molecule has 1 aromatic heterocycles. The summed E-state index contributed by atoms with van der Waals surface area (Å²) in [5.41, 5.74) is 3.11. The second-order valence-corrected chi connectivity index (χ2v) is 8.15. The van der Waals surface area contributed by atoms with E-state index < -0.39 is 5.60 Å². The molecule has 0 fully saturated rings. The first-order chi connectivity index (χ1) is 13.3. The van der Waals surface area contributed by atoms with E-state index in [-0.39, 0.29) is 5.91 Å². The molecule has 3 N–H and O–H groups in total. The third kappa shape index (κ3) is 3.27. The Hall–Kier alpha value is -2.44. The van der Waals surface area contributed by atoms with Crippen molar-refractivity contribution in [3.05, 3.63) is 45.4 Å². The fourth-order valence-corrected chi connectivity index (χ4v) is 3.93. The molecule has 6 nitrogen and oxygen atoms in total. The molecule has 0 spiro atoms. The predicted molar refractivity (Wildman–Crippen MR) is 112 cm³/mol. The quantitative estimate of drug-likeness (QED) is 0.551. The molecule has 0 unspecified atom stereocenters. The van der Waals surface area contributed by atoms with Crippen molar-refractivity contribution < 1.29 is 9.53 Å². The van der Waals surface area contributed by atoms with E-state index in [0.717, 1.165) is 11.1 Å². The Morgan fingerprint density at radius 3 is 2.71 bits per heavy atom. The van der Waals surface area contributed by atoms with Gasteiger partial charge in [0.15, 0.2) is 0 Å². The number of carbonyl (C=O) groups is 1. The van der Waals surface area contributed by atoms with Gasteiger partial charge in [-0.15, -0.1) is 0 Å². The summed E-state index contributed by atoms with van der Waals surface area (Å²) in [6, 6.07) is 7.02. The van der Waals surface area contributed by atoms with Crippen LogP contribution in [0.1, 0.15) is 36.7 Å². The van der Waals surface area contributed by atoms with Crippen LogP contribution in [0.25, 0.3) is 11.0 Å². The van der Waals surface area contributed by atoms with Crippen LogP contribution in [0.3, 0.4) is 0 Å². The number of nitrogens with zero attached hydrogens (tertiary/aromatic N) is 1. The fraction of sp³-hybridized carbons (Fsp3) is 0.300. The Morgan fingerprint density at radius 1 is 1.32 bits per heavy atom. The highest BCUT2D eigenvalue weighted by atomic mass is 35.5. The molecule has 1 aliphatic rings. The maximum atomic E-state index is 12.6. The van der Waals surface area contributed by atoms with Gasteiger partial charge in [0.2, 0.25) is 5.95 Å². The van der Waals surface area contributed by atoms with Gasteiger partial charge in [0.05, 0.1) is 32.3 Å². The van der Waals surface area contributed by atoms with E-state index in [2.05, 4.69) is 20.6 Å². The number of halogens is 2. The Kier molecular flexibility index (Phi) is 4.63. The highest BCUT2D eigenvalue weighted by Crippen LogP contribution is 2.42.